The molecule has 0 radical (unpaired) electrons. The highest BCUT2D eigenvalue weighted by Crippen LogP contribution is 2.32. The molecule has 0 spiro atoms. The van der Waals surface area contributed by atoms with Crippen LogP contribution < -0.4 is 5.32 Å². The van der Waals surface area contributed by atoms with E-state index in [2.05, 4.69) is 39.0 Å². The molecule has 1 unspecified atom stereocenters. The number of ether oxygens (including phenoxy) is 1. The first-order valence-electron chi connectivity index (χ1n) is 10.6. The summed E-state index contributed by atoms with van der Waals surface area (Å²) in [6.45, 7) is 5.00. The van der Waals surface area contributed by atoms with Crippen LogP contribution in [0.15, 0.2) is 24.5 Å². The molecule has 2 fully saturated rings. The molecule has 8 nitrogen and oxygen atoms in total. The van der Waals surface area contributed by atoms with Crippen LogP contribution in [0.4, 0.5) is 11.6 Å². The number of hydrogen-bond donors (Lipinski definition) is 2. The molecule has 0 aliphatic carbocycles. The number of aliphatic hydroxyl groups excluding tert-OH is 1. The van der Waals surface area contributed by atoms with Crippen LogP contribution in [0.1, 0.15) is 29.9 Å². The van der Waals surface area contributed by atoms with Crippen molar-refractivity contribution in [1.29, 1.82) is 0 Å². The van der Waals surface area contributed by atoms with Gasteiger partial charge < -0.3 is 15.2 Å². The third-order valence-electron chi connectivity index (χ3n) is 6.33. The molecule has 2 saturated heterocycles. The normalized spacial score (nSPS) is 21.8. The lowest BCUT2D eigenvalue weighted by Gasteiger charge is -2.24. The number of nitrogens with one attached hydrogen (secondary N) is 1. The molecule has 1 atom stereocenters. The predicted octanol–water partition coefficient (Wildman–Crippen LogP) is 2.79. The van der Waals surface area contributed by atoms with Gasteiger partial charge in [0.05, 0.1) is 24.0 Å². The van der Waals surface area contributed by atoms with Crippen molar-refractivity contribution in [2.45, 2.75) is 31.8 Å². The summed E-state index contributed by atoms with van der Waals surface area (Å²) in [5, 5.41) is 18.9. The fourth-order valence-electron chi connectivity index (χ4n) is 4.58. The van der Waals surface area contributed by atoms with Gasteiger partial charge in [-0.15, -0.1) is 0 Å². The van der Waals surface area contributed by atoms with Gasteiger partial charge >= 0.3 is 0 Å². The highest BCUT2D eigenvalue weighted by molar-refractivity contribution is 6.32. The number of piperidine rings is 1. The summed E-state index contributed by atoms with van der Waals surface area (Å²) in [7, 11) is 1.79. The monoisotopic (exact) mass is 441 g/mol. The highest BCUT2D eigenvalue weighted by atomic mass is 35.5. The van der Waals surface area contributed by atoms with E-state index >= 15 is 0 Å². The van der Waals surface area contributed by atoms with E-state index in [1.54, 1.807) is 17.9 Å². The zero-order valence-corrected chi connectivity index (χ0v) is 18.4. The molecule has 9 heteroatoms. The van der Waals surface area contributed by atoms with Crippen LogP contribution >= 0.6 is 11.6 Å². The molecule has 1 aromatic carbocycles. The Morgan fingerprint density at radius 1 is 1.26 bits per heavy atom. The van der Waals surface area contributed by atoms with E-state index in [1.165, 1.54) is 11.1 Å². The first kappa shape index (κ1) is 20.4. The van der Waals surface area contributed by atoms with E-state index in [1.807, 2.05) is 6.20 Å². The van der Waals surface area contributed by atoms with Gasteiger partial charge in [-0.05, 0) is 36.1 Å². The third kappa shape index (κ3) is 3.91. The molecule has 3 aromatic rings. The number of aromatic nitrogens is 4. The third-order valence-corrected chi connectivity index (χ3v) is 6.78. The molecule has 0 bridgehead atoms. The van der Waals surface area contributed by atoms with E-state index in [9.17, 15) is 5.11 Å². The second-order valence-corrected chi connectivity index (χ2v) is 8.70. The van der Waals surface area contributed by atoms with Gasteiger partial charge in [0.15, 0.2) is 6.10 Å². The summed E-state index contributed by atoms with van der Waals surface area (Å²) in [4.78, 5) is 9.16. The Bertz CT molecular complexity index is 1160. The van der Waals surface area contributed by atoms with Crippen molar-refractivity contribution in [3.63, 3.8) is 0 Å². The van der Waals surface area contributed by atoms with Gasteiger partial charge in [-0.1, -0.05) is 11.6 Å². The predicted molar refractivity (Wildman–Crippen MR) is 120 cm³/mol. The minimum absolute atomic E-state index is 0.416. The van der Waals surface area contributed by atoms with Crippen molar-refractivity contribution in [2.75, 3.05) is 31.6 Å². The molecule has 2 N–H and O–H groups in total. The molecule has 2 aliphatic heterocycles. The Morgan fingerprint density at radius 3 is 2.74 bits per heavy atom. The van der Waals surface area contributed by atoms with Crippen LogP contribution in [0.5, 0.6) is 0 Å². The minimum Gasteiger partial charge on any atom is -0.380 e. The van der Waals surface area contributed by atoms with Crippen LogP contribution in [-0.4, -0.2) is 67.5 Å². The standard InChI is InChI=1S/C22H26ClN6O2/c1-13-7-15-9-24-22(27-18-10-25-28(2)21(18)23)26-17(15)8-16(13)14-3-5-29(6-4-14)19-11-31-12-20(19)30/h7-10,14,20,30H,3-6,11-12H2,1-2H3,(H,24,26,27)/q+1. The lowest BCUT2D eigenvalue weighted by atomic mass is 9.86. The summed E-state index contributed by atoms with van der Waals surface area (Å²) in [6, 6.07) is 4.37. The van der Waals surface area contributed by atoms with Gasteiger partial charge in [-0.3, -0.25) is 4.68 Å². The van der Waals surface area contributed by atoms with Gasteiger partial charge in [-0.25, -0.2) is 14.5 Å². The van der Waals surface area contributed by atoms with Crippen LogP contribution in [0, 0.1) is 6.92 Å². The smallest absolute Gasteiger partial charge is 0.227 e. The molecule has 162 valence electrons. The van der Waals surface area contributed by atoms with Gasteiger partial charge in [0, 0.05) is 31.5 Å². The zero-order valence-electron chi connectivity index (χ0n) is 17.7. The van der Waals surface area contributed by atoms with Crippen molar-refractivity contribution >= 4 is 39.9 Å². The van der Waals surface area contributed by atoms with Crippen LogP contribution in [0.25, 0.3) is 10.9 Å². The Kier molecular flexibility index (Phi) is 5.37. The SMILES string of the molecule is Cc1cc2cnc(Nc3cnn(C)c3Cl)nc2cc1C1CC[N+](=C2COCC2O)CC1. The number of aryl methyl sites for hydroxylation is 2. The fourth-order valence-corrected chi connectivity index (χ4v) is 4.72. The van der Waals surface area contributed by atoms with Crippen molar-refractivity contribution in [1.82, 2.24) is 19.7 Å². The minimum atomic E-state index is -0.449. The van der Waals surface area contributed by atoms with E-state index in [0.717, 1.165) is 42.5 Å². The Balaban J connectivity index is 1.39. The van der Waals surface area contributed by atoms with E-state index in [0.29, 0.717) is 35.9 Å². The zero-order chi connectivity index (χ0) is 21.5. The number of nitrogens with zero attached hydrogens (tertiary/aromatic N) is 5. The highest BCUT2D eigenvalue weighted by Gasteiger charge is 2.33. The Labute approximate surface area is 185 Å². The van der Waals surface area contributed by atoms with Crippen LogP contribution in [-0.2, 0) is 11.8 Å². The molecular weight excluding hydrogens is 416 g/mol. The molecule has 0 amide bonds. The van der Waals surface area contributed by atoms with Crippen LogP contribution in [0.3, 0.4) is 0 Å². The van der Waals surface area contributed by atoms with Crippen molar-refractivity contribution in [2.24, 2.45) is 7.05 Å². The maximum Gasteiger partial charge on any atom is 0.227 e. The molecule has 2 aliphatic rings. The number of benzene rings is 1. The number of aliphatic hydroxyl groups is 1. The largest absolute Gasteiger partial charge is 0.380 e. The molecule has 5 rings (SSSR count). The number of fused-ring (bicyclic) bond motifs is 1. The van der Waals surface area contributed by atoms with Gasteiger partial charge in [0.25, 0.3) is 0 Å². The second kappa shape index (κ2) is 8.18. The van der Waals surface area contributed by atoms with E-state index < -0.39 is 6.10 Å². The number of rotatable bonds is 3. The molecule has 0 saturated carbocycles. The fraction of sp³-hybridized carbons (Fsp3) is 0.455. The molecule has 4 heterocycles. The maximum atomic E-state index is 10.1. The quantitative estimate of drug-likeness (QED) is 0.608. The summed E-state index contributed by atoms with van der Waals surface area (Å²) in [5.74, 6) is 0.971. The molecular formula is C22H26ClN6O2+. The average Bonchev–Trinajstić information content (AvgIpc) is 3.34. The topological polar surface area (TPSA) is 88.1 Å². The summed E-state index contributed by atoms with van der Waals surface area (Å²) < 4.78 is 9.29. The number of halogens is 1. The average molecular weight is 442 g/mol. The van der Waals surface area contributed by atoms with Crippen molar-refractivity contribution < 1.29 is 14.4 Å². The number of hydrogen-bond acceptors (Lipinski definition) is 6. The Hall–Kier alpha value is -2.55. The second-order valence-electron chi connectivity index (χ2n) is 8.34. The van der Waals surface area contributed by atoms with E-state index in [4.69, 9.17) is 21.3 Å². The maximum absolute atomic E-state index is 10.1. The summed E-state index contributed by atoms with van der Waals surface area (Å²) in [5.41, 5.74) is 5.23. The lowest BCUT2D eigenvalue weighted by Crippen LogP contribution is -2.35. The van der Waals surface area contributed by atoms with Crippen LogP contribution in [0.2, 0.25) is 5.15 Å². The van der Waals surface area contributed by atoms with Gasteiger partial charge in [-0.2, -0.15) is 5.10 Å². The molecule has 2 aromatic heterocycles. The van der Waals surface area contributed by atoms with E-state index in [-0.39, 0.29) is 0 Å². The summed E-state index contributed by atoms with van der Waals surface area (Å²) in [6.07, 6.45) is 5.14. The van der Waals surface area contributed by atoms with Crippen molar-refractivity contribution in [3.8, 4) is 0 Å². The van der Waals surface area contributed by atoms with Crippen molar-refractivity contribution in [3.05, 3.63) is 40.8 Å². The Morgan fingerprint density at radius 2 is 2.06 bits per heavy atom. The lowest BCUT2D eigenvalue weighted by molar-refractivity contribution is -0.541. The first-order chi connectivity index (χ1) is 15.0. The number of anilines is 2. The first-order valence-corrected chi connectivity index (χ1v) is 11.0. The summed E-state index contributed by atoms with van der Waals surface area (Å²) >= 11 is 6.25. The van der Waals surface area contributed by atoms with Gasteiger partial charge in [0.2, 0.25) is 11.7 Å². The van der Waals surface area contributed by atoms with Gasteiger partial charge in [0.1, 0.15) is 24.8 Å². The molecule has 31 heavy (non-hydrogen) atoms.